The van der Waals surface area contributed by atoms with Crippen LogP contribution in [0.25, 0.3) is 0 Å². The Hall–Kier alpha value is -0.910. The van der Waals surface area contributed by atoms with Crippen LogP contribution in [-0.4, -0.2) is 44.5 Å². The lowest BCUT2D eigenvalue weighted by molar-refractivity contribution is -0.00461. The maximum atomic E-state index is 13.7. The number of methoxy groups -OCH3 is 2. The Morgan fingerprint density at radius 2 is 1.94 bits per heavy atom. The predicted octanol–water partition coefficient (Wildman–Crippen LogP) is 1.72. The first-order chi connectivity index (χ1) is 8.15. The molecule has 2 unspecified atom stereocenters. The van der Waals surface area contributed by atoms with Gasteiger partial charge in [-0.15, -0.1) is 0 Å². The van der Waals surface area contributed by atoms with Gasteiger partial charge in [0.15, 0.2) is 11.6 Å². The minimum absolute atomic E-state index is 0.0723. The minimum atomic E-state index is -0.427. The normalized spacial score (nSPS) is 24.4. The highest BCUT2D eigenvalue weighted by Gasteiger charge is 2.34. The zero-order valence-corrected chi connectivity index (χ0v) is 10.4. The average molecular weight is 261 g/mol. The lowest BCUT2D eigenvalue weighted by Gasteiger charge is -2.17. The molecule has 2 rings (SSSR count). The van der Waals surface area contributed by atoms with Gasteiger partial charge in [0.2, 0.25) is 0 Å². The van der Waals surface area contributed by atoms with Crippen molar-refractivity contribution >= 4 is 17.4 Å². The van der Waals surface area contributed by atoms with Gasteiger partial charge in [-0.25, -0.2) is 9.37 Å². The van der Waals surface area contributed by atoms with Gasteiger partial charge in [-0.2, -0.15) is 0 Å². The molecule has 0 amide bonds. The molecule has 1 aliphatic rings. The topological polar surface area (TPSA) is 34.6 Å². The number of ether oxygens (including phenoxy) is 2. The SMILES string of the molecule is COC1CN(c2ncc(Cl)cc2F)CC1OC. The second kappa shape index (κ2) is 5.16. The van der Waals surface area contributed by atoms with E-state index in [0.717, 1.165) is 0 Å². The molecule has 0 saturated carbocycles. The Kier molecular flexibility index (Phi) is 3.81. The maximum absolute atomic E-state index is 13.7. The van der Waals surface area contributed by atoms with Crippen molar-refractivity contribution in [3.05, 3.63) is 23.1 Å². The number of hydrogen-bond donors (Lipinski definition) is 0. The molecule has 4 nitrogen and oxygen atoms in total. The molecule has 0 aromatic carbocycles. The third-order valence-corrected chi connectivity index (χ3v) is 3.12. The molecule has 0 aliphatic carbocycles. The first kappa shape index (κ1) is 12.5. The van der Waals surface area contributed by atoms with Crippen LogP contribution in [0.2, 0.25) is 5.02 Å². The van der Waals surface area contributed by atoms with E-state index >= 15 is 0 Å². The number of anilines is 1. The average Bonchev–Trinajstić information content (AvgIpc) is 2.72. The fourth-order valence-corrected chi connectivity index (χ4v) is 2.15. The van der Waals surface area contributed by atoms with Crippen LogP contribution < -0.4 is 4.90 Å². The minimum Gasteiger partial charge on any atom is -0.377 e. The van der Waals surface area contributed by atoms with Crippen LogP contribution in [-0.2, 0) is 9.47 Å². The summed E-state index contributed by atoms with van der Waals surface area (Å²) >= 11 is 5.67. The number of rotatable bonds is 3. The van der Waals surface area contributed by atoms with Crippen LogP contribution in [0.3, 0.4) is 0 Å². The zero-order valence-electron chi connectivity index (χ0n) is 9.69. The molecule has 6 heteroatoms. The number of hydrogen-bond acceptors (Lipinski definition) is 4. The molecule has 1 aliphatic heterocycles. The molecule has 0 N–H and O–H groups in total. The summed E-state index contributed by atoms with van der Waals surface area (Å²) < 4.78 is 24.3. The van der Waals surface area contributed by atoms with E-state index in [1.54, 1.807) is 19.1 Å². The van der Waals surface area contributed by atoms with E-state index < -0.39 is 5.82 Å². The van der Waals surface area contributed by atoms with Gasteiger partial charge in [0.05, 0.1) is 5.02 Å². The van der Waals surface area contributed by atoms with E-state index in [9.17, 15) is 4.39 Å². The lowest BCUT2D eigenvalue weighted by Crippen LogP contribution is -2.27. The van der Waals surface area contributed by atoms with Crippen LogP contribution in [0.15, 0.2) is 12.3 Å². The zero-order chi connectivity index (χ0) is 12.4. The third kappa shape index (κ3) is 2.51. The van der Waals surface area contributed by atoms with E-state index in [4.69, 9.17) is 21.1 Å². The molecule has 1 fully saturated rings. The second-order valence-corrected chi connectivity index (χ2v) is 4.35. The van der Waals surface area contributed by atoms with Gasteiger partial charge >= 0.3 is 0 Å². The summed E-state index contributed by atoms with van der Waals surface area (Å²) in [5.41, 5.74) is 0. The first-order valence-electron chi connectivity index (χ1n) is 5.27. The summed E-state index contributed by atoms with van der Waals surface area (Å²) in [6.07, 6.45) is 1.29. The second-order valence-electron chi connectivity index (χ2n) is 3.91. The van der Waals surface area contributed by atoms with Crippen LogP contribution in [0, 0.1) is 5.82 Å². The van der Waals surface area contributed by atoms with Gasteiger partial charge in [-0.3, -0.25) is 0 Å². The Morgan fingerprint density at radius 3 is 2.41 bits per heavy atom. The van der Waals surface area contributed by atoms with E-state index in [1.165, 1.54) is 12.3 Å². The quantitative estimate of drug-likeness (QED) is 0.829. The van der Waals surface area contributed by atoms with E-state index in [2.05, 4.69) is 4.98 Å². The monoisotopic (exact) mass is 260 g/mol. The summed E-state index contributed by atoms with van der Waals surface area (Å²) in [5.74, 6) is -0.139. The number of halogens is 2. The van der Waals surface area contributed by atoms with Gasteiger partial charge in [-0.1, -0.05) is 11.6 Å². The summed E-state index contributed by atoms with van der Waals surface area (Å²) in [5, 5.41) is 0.289. The van der Waals surface area contributed by atoms with Crippen molar-refractivity contribution in [1.29, 1.82) is 0 Å². The summed E-state index contributed by atoms with van der Waals surface area (Å²) in [7, 11) is 3.23. The Balaban J connectivity index is 2.19. The molecule has 0 spiro atoms. The fraction of sp³-hybridized carbons (Fsp3) is 0.545. The molecule has 0 radical (unpaired) electrons. The molecule has 17 heavy (non-hydrogen) atoms. The summed E-state index contributed by atoms with van der Waals surface area (Å²) in [6, 6.07) is 1.26. The van der Waals surface area contributed by atoms with Crippen molar-refractivity contribution < 1.29 is 13.9 Å². The number of aromatic nitrogens is 1. The molecule has 94 valence electrons. The molecule has 2 heterocycles. The molecule has 2 atom stereocenters. The number of nitrogens with zero attached hydrogens (tertiary/aromatic N) is 2. The Bertz CT molecular complexity index is 393. The van der Waals surface area contributed by atoms with Gasteiger partial charge in [-0.05, 0) is 6.07 Å². The van der Waals surface area contributed by atoms with Gasteiger partial charge in [0.25, 0.3) is 0 Å². The maximum Gasteiger partial charge on any atom is 0.167 e. The number of pyridine rings is 1. The molecular formula is C11H14ClFN2O2. The smallest absolute Gasteiger partial charge is 0.167 e. The highest BCUT2D eigenvalue weighted by atomic mass is 35.5. The van der Waals surface area contributed by atoms with Crippen molar-refractivity contribution in [2.75, 3.05) is 32.2 Å². The third-order valence-electron chi connectivity index (χ3n) is 2.91. The van der Waals surface area contributed by atoms with Crippen LogP contribution in [0.1, 0.15) is 0 Å². The van der Waals surface area contributed by atoms with Gasteiger partial charge in [0, 0.05) is 33.5 Å². The Morgan fingerprint density at radius 1 is 1.35 bits per heavy atom. The molecular weight excluding hydrogens is 247 g/mol. The standard InChI is InChI=1S/C11H14ClFN2O2/c1-16-9-5-15(6-10(9)17-2)11-8(13)3-7(12)4-14-11/h3-4,9-10H,5-6H2,1-2H3. The highest BCUT2D eigenvalue weighted by molar-refractivity contribution is 6.30. The molecule has 1 aromatic heterocycles. The van der Waals surface area contributed by atoms with Crippen molar-refractivity contribution in [2.45, 2.75) is 12.2 Å². The van der Waals surface area contributed by atoms with Crippen molar-refractivity contribution in [3.63, 3.8) is 0 Å². The summed E-state index contributed by atoms with van der Waals surface area (Å²) in [6.45, 7) is 1.11. The van der Waals surface area contributed by atoms with Crippen LogP contribution in [0.4, 0.5) is 10.2 Å². The largest absolute Gasteiger partial charge is 0.377 e. The van der Waals surface area contributed by atoms with Crippen LogP contribution >= 0.6 is 11.6 Å². The lowest BCUT2D eigenvalue weighted by atomic mass is 10.3. The van der Waals surface area contributed by atoms with E-state index in [0.29, 0.717) is 13.1 Å². The molecule has 1 saturated heterocycles. The summed E-state index contributed by atoms with van der Waals surface area (Å²) in [4.78, 5) is 5.80. The van der Waals surface area contributed by atoms with E-state index in [1.807, 2.05) is 0 Å². The van der Waals surface area contributed by atoms with E-state index in [-0.39, 0.29) is 23.0 Å². The van der Waals surface area contributed by atoms with Crippen LogP contribution in [0.5, 0.6) is 0 Å². The van der Waals surface area contributed by atoms with Gasteiger partial charge < -0.3 is 14.4 Å². The first-order valence-corrected chi connectivity index (χ1v) is 5.65. The van der Waals surface area contributed by atoms with Gasteiger partial charge in [0.1, 0.15) is 12.2 Å². The predicted molar refractivity (Wildman–Crippen MR) is 63.0 cm³/mol. The fourth-order valence-electron chi connectivity index (χ4n) is 2.01. The molecule has 0 bridgehead atoms. The van der Waals surface area contributed by atoms with Crippen molar-refractivity contribution in [1.82, 2.24) is 4.98 Å². The van der Waals surface area contributed by atoms with Crippen molar-refractivity contribution in [3.8, 4) is 0 Å². The van der Waals surface area contributed by atoms with Crippen molar-refractivity contribution in [2.24, 2.45) is 0 Å². The Labute approximate surface area is 104 Å². The molecule has 1 aromatic rings. The highest BCUT2D eigenvalue weighted by Crippen LogP contribution is 2.25.